The maximum Gasteiger partial charge on any atom is 0.305 e. The Labute approximate surface area is 428 Å². The van der Waals surface area contributed by atoms with Gasteiger partial charge >= 0.3 is 5.97 Å². The van der Waals surface area contributed by atoms with Gasteiger partial charge in [-0.1, -0.05) is 261 Å². The van der Waals surface area contributed by atoms with Gasteiger partial charge in [-0.25, -0.2) is 0 Å². The quantitative estimate of drug-likeness (QED) is 0.0321. The molecule has 69 heavy (non-hydrogen) atoms. The minimum absolute atomic E-state index is 0.00458. The van der Waals surface area contributed by atoms with Crippen LogP contribution in [0.2, 0.25) is 0 Å². The van der Waals surface area contributed by atoms with Crippen molar-refractivity contribution in [3.8, 4) is 0 Å². The maximum atomic E-state index is 12.4. The zero-order valence-electron chi connectivity index (χ0n) is 45.8. The lowest BCUT2D eigenvalue weighted by Gasteiger charge is -2.20. The van der Waals surface area contributed by atoms with E-state index in [-0.39, 0.29) is 18.5 Å². The number of aliphatic hydroxyl groups excluding tert-OH is 2. The van der Waals surface area contributed by atoms with Crippen molar-refractivity contribution in [1.82, 2.24) is 5.32 Å². The molecule has 0 aromatic rings. The summed E-state index contributed by atoms with van der Waals surface area (Å²) in [7, 11) is 0. The molecule has 402 valence electrons. The Kier molecular flexibility index (Phi) is 56.1. The Hall–Kier alpha value is -2.44. The van der Waals surface area contributed by atoms with Crippen LogP contribution in [-0.2, 0) is 14.3 Å². The summed E-state index contributed by atoms with van der Waals surface area (Å²) in [5, 5.41) is 23.0. The van der Waals surface area contributed by atoms with Crippen molar-refractivity contribution >= 4 is 11.9 Å². The van der Waals surface area contributed by atoms with Crippen LogP contribution in [-0.4, -0.2) is 47.4 Å². The largest absolute Gasteiger partial charge is 0.466 e. The molecule has 0 saturated heterocycles. The fraction of sp³-hybridized carbons (Fsp3) is 0.810. The first-order valence-corrected chi connectivity index (χ1v) is 30.1. The first kappa shape index (κ1) is 66.6. The van der Waals surface area contributed by atoms with Gasteiger partial charge in [0.15, 0.2) is 0 Å². The summed E-state index contributed by atoms with van der Waals surface area (Å²) >= 11 is 0. The van der Waals surface area contributed by atoms with Crippen LogP contribution in [0.3, 0.4) is 0 Å². The average Bonchev–Trinajstić information content (AvgIpc) is 3.35. The van der Waals surface area contributed by atoms with Gasteiger partial charge in [0.1, 0.15) is 0 Å². The normalized spacial score (nSPS) is 13.0. The lowest BCUT2D eigenvalue weighted by atomic mass is 10.0. The fourth-order valence-corrected chi connectivity index (χ4v) is 8.88. The van der Waals surface area contributed by atoms with E-state index in [4.69, 9.17) is 4.74 Å². The molecule has 0 aromatic heterocycles. The van der Waals surface area contributed by atoms with Crippen LogP contribution in [0.4, 0.5) is 0 Å². The molecule has 0 aliphatic heterocycles. The second-order valence-electron chi connectivity index (χ2n) is 20.3. The summed E-state index contributed by atoms with van der Waals surface area (Å²) in [5.41, 5.74) is 0. The number of carbonyl (C=O) groups excluding carboxylic acids is 2. The number of nitrogens with one attached hydrogen (secondary N) is 1. The van der Waals surface area contributed by atoms with E-state index in [1.165, 1.54) is 218 Å². The number of allylic oxidation sites excluding steroid dienone is 9. The lowest BCUT2D eigenvalue weighted by molar-refractivity contribution is -0.143. The number of rotatable bonds is 55. The molecule has 0 rings (SSSR count). The molecular formula is C63H115NO5. The van der Waals surface area contributed by atoms with E-state index < -0.39 is 12.1 Å². The fourth-order valence-electron chi connectivity index (χ4n) is 8.88. The second-order valence-corrected chi connectivity index (χ2v) is 20.3. The van der Waals surface area contributed by atoms with Gasteiger partial charge in [0.25, 0.3) is 0 Å². The number of unbranched alkanes of at least 4 members (excludes halogenated alkanes) is 36. The summed E-state index contributed by atoms with van der Waals surface area (Å²) in [4.78, 5) is 24.4. The van der Waals surface area contributed by atoms with Gasteiger partial charge in [-0.2, -0.15) is 0 Å². The van der Waals surface area contributed by atoms with Crippen LogP contribution in [0.1, 0.15) is 303 Å². The number of amides is 1. The minimum atomic E-state index is -0.844. The van der Waals surface area contributed by atoms with Crippen LogP contribution in [0.25, 0.3) is 0 Å². The van der Waals surface area contributed by atoms with Crippen molar-refractivity contribution in [3.63, 3.8) is 0 Å². The Morgan fingerprint density at radius 2 is 0.754 bits per heavy atom. The van der Waals surface area contributed by atoms with E-state index >= 15 is 0 Å². The molecule has 1 amide bonds. The summed E-state index contributed by atoms with van der Waals surface area (Å²) in [6.45, 7) is 4.81. The molecule has 0 saturated carbocycles. The van der Waals surface area contributed by atoms with E-state index in [1.54, 1.807) is 6.08 Å². The topological polar surface area (TPSA) is 95.9 Å². The van der Waals surface area contributed by atoms with Gasteiger partial charge in [0, 0.05) is 12.8 Å². The van der Waals surface area contributed by atoms with Gasteiger partial charge in [0.05, 0.1) is 25.4 Å². The van der Waals surface area contributed by atoms with Gasteiger partial charge in [-0.3, -0.25) is 9.59 Å². The Balaban J connectivity index is 3.41. The third-order valence-corrected chi connectivity index (χ3v) is 13.5. The zero-order valence-corrected chi connectivity index (χ0v) is 45.8. The molecule has 0 bridgehead atoms. The Bertz CT molecular complexity index is 1210. The number of hydrogen-bond acceptors (Lipinski definition) is 5. The second kappa shape index (κ2) is 58.1. The molecule has 0 aliphatic carbocycles. The predicted octanol–water partition coefficient (Wildman–Crippen LogP) is 18.7. The van der Waals surface area contributed by atoms with Gasteiger partial charge in [-0.15, -0.1) is 0 Å². The van der Waals surface area contributed by atoms with Gasteiger partial charge in [-0.05, 0) is 89.9 Å². The lowest BCUT2D eigenvalue weighted by Crippen LogP contribution is -2.45. The highest BCUT2D eigenvalue weighted by Gasteiger charge is 2.18. The third kappa shape index (κ3) is 54.7. The molecular weight excluding hydrogens is 851 g/mol. The summed E-state index contributed by atoms with van der Waals surface area (Å²) in [5.74, 6) is -0.0761. The van der Waals surface area contributed by atoms with Crippen LogP contribution >= 0.6 is 0 Å². The zero-order chi connectivity index (χ0) is 50.0. The van der Waals surface area contributed by atoms with Crippen LogP contribution in [0, 0.1) is 0 Å². The number of carbonyl (C=O) groups is 2. The first-order valence-electron chi connectivity index (χ1n) is 30.1. The molecule has 0 fully saturated rings. The van der Waals surface area contributed by atoms with E-state index in [0.717, 1.165) is 57.8 Å². The first-order chi connectivity index (χ1) is 34.0. The molecule has 0 spiro atoms. The molecule has 6 heteroatoms. The van der Waals surface area contributed by atoms with Crippen molar-refractivity contribution in [1.29, 1.82) is 0 Å². The number of ether oxygens (including phenoxy) is 1. The van der Waals surface area contributed by atoms with E-state index in [0.29, 0.717) is 19.4 Å². The molecule has 0 radical (unpaired) electrons. The third-order valence-electron chi connectivity index (χ3n) is 13.5. The highest BCUT2D eigenvalue weighted by atomic mass is 16.5. The van der Waals surface area contributed by atoms with Crippen LogP contribution in [0.15, 0.2) is 60.8 Å². The monoisotopic (exact) mass is 966 g/mol. The number of hydrogen-bond donors (Lipinski definition) is 3. The maximum absolute atomic E-state index is 12.4. The van der Waals surface area contributed by atoms with Crippen LogP contribution in [0.5, 0.6) is 0 Å². The van der Waals surface area contributed by atoms with Gasteiger partial charge in [0.2, 0.25) is 5.91 Å². The highest BCUT2D eigenvalue weighted by Crippen LogP contribution is 2.16. The summed E-state index contributed by atoms with van der Waals surface area (Å²) < 4.78 is 5.46. The van der Waals surface area contributed by atoms with Crippen LogP contribution < -0.4 is 5.32 Å². The molecule has 2 atom stereocenters. The van der Waals surface area contributed by atoms with Crippen molar-refractivity contribution in [2.75, 3.05) is 13.2 Å². The molecule has 2 unspecified atom stereocenters. The van der Waals surface area contributed by atoms with Gasteiger partial charge < -0.3 is 20.3 Å². The molecule has 0 heterocycles. The smallest absolute Gasteiger partial charge is 0.305 e. The molecule has 3 N–H and O–H groups in total. The van der Waals surface area contributed by atoms with Crippen molar-refractivity contribution in [2.45, 2.75) is 315 Å². The number of aliphatic hydroxyl groups is 2. The van der Waals surface area contributed by atoms with Crippen molar-refractivity contribution in [2.24, 2.45) is 0 Å². The SMILES string of the molecule is CCC/C=C\C/C=C\CCCCCCCC(=O)OCCCCCCCCCCC/C=C\C/C=C\CCCCCCCCCCCCCCCC(=O)NC(CO)C(O)/C=C/CCCCCCCCCC. The minimum Gasteiger partial charge on any atom is -0.466 e. The molecule has 0 aliphatic rings. The van der Waals surface area contributed by atoms with E-state index in [1.807, 2.05) is 6.08 Å². The van der Waals surface area contributed by atoms with E-state index in [2.05, 4.69) is 67.8 Å². The Morgan fingerprint density at radius 1 is 0.406 bits per heavy atom. The summed E-state index contributed by atoms with van der Waals surface area (Å²) in [6.07, 6.45) is 75.5. The summed E-state index contributed by atoms with van der Waals surface area (Å²) in [6, 6.07) is -0.628. The number of esters is 1. The highest BCUT2D eigenvalue weighted by molar-refractivity contribution is 5.76. The van der Waals surface area contributed by atoms with Crippen molar-refractivity contribution in [3.05, 3.63) is 60.8 Å². The van der Waals surface area contributed by atoms with E-state index in [9.17, 15) is 19.8 Å². The Morgan fingerprint density at radius 3 is 1.16 bits per heavy atom. The molecule has 6 nitrogen and oxygen atoms in total. The standard InChI is InChI=1S/C63H115NO5/c1-3-5-7-9-11-13-15-33-37-41-45-49-53-57-63(68)69-58-54-50-46-42-38-35-32-30-28-26-24-22-20-18-16-17-19-21-23-25-27-29-31-34-36-40-44-48-52-56-62(67)64-60(59-65)61(66)55-51-47-43-39-14-12-10-8-6-4-2/h7,9,13,15-16,18,22,24,51,55,60-61,65-66H,3-6,8,10-12,14,17,19-21,23,25-50,52-54,56-59H2,1-2H3,(H,64,67)/b9-7-,15-13-,18-16-,24-22-,55-51+. The van der Waals surface area contributed by atoms with Crippen molar-refractivity contribution < 1.29 is 24.5 Å². The molecule has 0 aromatic carbocycles. The predicted molar refractivity (Wildman–Crippen MR) is 301 cm³/mol. The average molecular weight is 967 g/mol.